The molecule has 1 saturated heterocycles. The molecule has 4 nitrogen and oxygen atoms in total. The Balaban J connectivity index is 1.59. The van der Waals surface area contributed by atoms with Gasteiger partial charge >= 0.3 is 0 Å². The Labute approximate surface area is 145 Å². The number of benzene rings is 1. The number of hydrogen-bond acceptors (Lipinski definition) is 4. The third-order valence-corrected chi connectivity index (χ3v) is 5.00. The van der Waals surface area contributed by atoms with E-state index in [4.69, 9.17) is 0 Å². The summed E-state index contributed by atoms with van der Waals surface area (Å²) in [6.07, 6.45) is 5.86. The molecule has 1 aliphatic rings. The van der Waals surface area contributed by atoms with E-state index in [1.165, 1.54) is 11.3 Å². The van der Waals surface area contributed by atoms with E-state index < -0.39 is 0 Å². The summed E-state index contributed by atoms with van der Waals surface area (Å²) in [7, 11) is 0. The van der Waals surface area contributed by atoms with Gasteiger partial charge in [0, 0.05) is 31.0 Å². The van der Waals surface area contributed by atoms with Crippen molar-refractivity contribution in [3.05, 3.63) is 52.8 Å². The lowest BCUT2D eigenvalue weighted by atomic mass is 10.0. The molecule has 0 radical (unpaired) electrons. The standard InChI is InChI=1S/C18H21BrN4/c1-3-14-5-4-6-16(11-14)23-9-7-15(8-10-23)22-18-20-12-17(19)13(2)21-18/h3-6,11-12,15H,1,7-10H2,2H3,(H,20,21,22). The summed E-state index contributed by atoms with van der Waals surface area (Å²) < 4.78 is 0.944. The Morgan fingerprint density at radius 1 is 1.35 bits per heavy atom. The third kappa shape index (κ3) is 3.91. The van der Waals surface area contributed by atoms with Crippen LogP contribution < -0.4 is 10.2 Å². The highest BCUT2D eigenvalue weighted by molar-refractivity contribution is 9.10. The molecule has 2 heterocycles. The van der Waals surface area contributed by atoms with Crippen LogP contribution in [0.5, 0.6) is 0 Å². The van der Waals surface area contributed by atoms with Crippen molar-refractivity contribution < 1.29 is 0 Å². The quantitative estimate of drug-likeness (QED) is 0.869. The van der Waals surface area contributed by atoms with E-state index in [0.29, 0.717) is 6.04 Å². The molecule has 0 saturated carbocycles. The normalized spacial score (nSPS) is 15.5. The molecule has 23 heavy (non-hydrogen) atoms. The molecule has 1 N–H and O–H groups in total. The monoisotopic (exact) mass is 372 g/mol. The summed E-state index contributed by atoms with van der Waals surface area (Å²) in [6.45, 7) is 7.89. The second-order valence-electron chi connectivity index (χ2n) is 5.83. The molecule has 5 heteroatoms. The number of aryl methyl sites for hydroxylation is 1. The minimum Gasteiger partial charge on any atom is -0.371 e. The molecule has 1 fully saturated rings. The lowest BCUT2D eigenvalue weighted by molar-refractivity contribution is 0.524. The highest BCUT2D eigenvalue weighted by atomic mass is 79.9. The van der Waals surface area contributed by atoms with Crippen LogP contribution in [0.4, 0.5) is 11.6 Å². The lowest BCUT2D eigenvalue weighted by Crippen LogP contribution is -2.39. The van der Waals surface area contributed by atoms with Crippen molar-refractivity contribution in [3.8, 4) is 0 Å². The second-order valence-corrected chi connectivity index (χ2v) is 6.69. The van der Waals surface area contributed by atoms with Crippen LogP contribution in [-0.2, 0) is 0 Å². The SMILES string of the molecule is C=Cc1cccc(N2CCC(Nc3ncc(Br)c(C)n3)CC2)c1. The van der Waals surface area contributed by atoms with Crippen molar-refractivity contribution in [2.75, 3.05) is 23.3 Å². The number of aromatic nitrogens is 2. The second kappa shape index (κ2) is 7.13. The number of nitrogens with one attached hydrogen (secondary N) is 1. The van der Waals surface area contributed by atoms with Crippen molar-refractivity contribution in [1.82, 2.24) is 9.97 Å². The maximum atomic E-state index is 4.47. The van der Waals surface area contributed by atoms with Gasteiger partial charge in [0.05, 0.1) is 10.2 Å². The van der Waals surface area contributed by atoms with Crippen LogP contribution in [0.25, 0.3) is 6.08 Å². The molecule has 0 amide bonds. The van der Waals surface area contributed by atoms with E-state index in [1.807, 2.05) is 13.0 Å². The van der Waals surface area contributed by atoms with Crippen LogP contribution in [0, 0.1) is 6.92 Å². The fourth-order valence-electron chi connectivity index (χ4n) is 2.83. The van der Waals surface area contributed by atoms with Gasteiger partial charge in [-0.1, -0.05) is 24.8 Å². The summed E-state index contributed by atoms with van der Waals surface area (Å²) in [5, 5.41) is 3.46. The van der Waals surface area contributed by atoms with E-state index >= 15 is 0 Å². The average molecular weight is 373 g/mol. The molecular formula is C18H21BrN4. The van der Waals surface area contributed by atoms with E-state index in [9.17, 15) is 0 Å². The van der Waals surface area contributed by atoms with Gasteiger partial charge in [0.15, 0.2) is 0 Å². The highest BCUT2D eigenvalue weighted by Crippen LogP contribution is 2.23. The van der Waals surface area contributed by atoms with Crippen LogP contribution in [0.3, 0.4) is 0 Å². The van der Waals surface area contributed by atoms with Gasteiger partial charge in [0.25, 0.3) is 0 Å². The molecule has 3 rings (SSSR count). The molecule has 1 aromatic heterocycles. The molecule has 1 aromatic carbocycles. The fraction of sp³-hybridized carbons (Fsp3) is 0.333. The van der Waals surface area contributed by atoms with Gasteiger partial charge in [0.1, 0.15) is 0 Å². The van der Waals surface area contributed by atoms with E-state index in [1.54, 1.807) is 6.20 Å². The summed E-state index contributed by atoms with van der Waals surface area (Å²) in [6, 6.07) is 8.96. The minimum atomic E-state index is 0.425. The smallest absolute Gasteiger partial charge is 0.223 e. The number of nitrogens with zero attached hydrogens (tertiary/aromatic N) is 3. The zero-order valence-electron chi connectivity index (χ0n) is 13.3. The number of hydrogen-bond donors (Lipinski definition) is 1. The van der Waals surface area contributed by atoms with E-state index in [2.05, 4.69) is 67.0 Å². The lowest BCUT2D eigenvalue weighted by Gasteiger charge is -2.34. The summed E-state index contributed by atoms with van der Waals surface area (Å²) in [4.78, 5) is 11.2. The predicted molar refractivity (Wildman–Crippen MR) is 99.9 cm³/mol. The molecule has 120 valence electrons. The molecule has 2 aromatic rings. The van der Waals surface area contributed by atoms with Gasteiger partial charge in [-0.15, -0.1) is 0 Å². The first-order chi connectivity index (χ1) is 11.2. The largest absolute Gasteiger partial charge is 0.371 e. The number of anilines is 2. The minimum absolute atomic E-state index is 0.425. The topological polar surface area (TPSA) is 41.0 Å². The summed E-state index contributed by atoms with van der Waals surface area (Å²) in [5.41, 5.74) is 3.40. The van der Waals surface area contributed by atoms with Crippen molar-refractivity contribution >= 4 is 33.6 Å². The van der Waals surface area contributed by atoms with E-state index in [0.717, 1.165) is 42.0 Å². The Bertz CT molecular complexity index is 693. The van der Waals surface area contributed by atoms with E-state index in [-0.39, 0.29) is 0 Å². The maximum Gasteiger partial charge on any atom is 0.223 e. The van der Waals surface area contributed by atoms with Crippen LogP contribution >= 0.6 is 15.9 Å². The third-order valence-electron chi connectivity index (χ3n) is 4.22. The van der Waals surface area contributed by atoms with Crippen molar-refractivity contribution in [3.63, 3.8) is 0 Å². The Morgan fingerprint density at radius 2 is 2.13 bits per heavy atom. The van der Waals surface area contributed by atoms with Crippen LogP contribution in [0.2, 0.25) is 0 Å². The molecule has 1 aliphatic heterocycles. The van der Waals surface area contributed by atoms with Crippen LogP contribution in [-0.4, -0.2) is 29.1 Å². The Morgan fingerprint density at radius 3 is 2.83 bits per heavy atom. The Hall–Kier alpha value is -1.88. The maximum absolute atomic E-state index is 4.47. The first-order valence-electron chi connectivity index (χ1n) is 7.89. The molecule has 0 aliphatic carbocycles. The van der Waals surface area contributed by atoms with Crippen LogP contribution in [0.1, 0.15) is 24.1 Å². The van der Waals surface area contributed by atoms with Crippen molar-refractivity contribution in [2.24, 2.45) is 0 Å². The fourth-order valence-corrected chi connectivity index (χ4v) is 3.03. The highest BCUT2D eigenvalue weighted by Gasteiger charge is 2.20. The predicted octanol–water partition coefficient (Wildman–Crippen LogP) is 4.27. The van der Waals surface area contributed by atoms with Crippen molar-refractivity contribution in [1.29, 1.82) is 0 Å². The summed E-state index contributed by atoms with van der Waals surface area (Å²) in [5.74, 6) is 0.720. The number of halogens is 1. The van der Waals surface area contributed by atoms with Gasteiger partial charge in [-0.3, -0.25) is 0 Å². The first kappa shape index (κ1) is 16.0. The zero-order chi connectivity index (χ0) is 16.2. The molecule has 0 spiro atoms. The molecular weight excluding hydrogens is 352 g/mol. The number of rotatable bonds is 4. The van der Waals surface area contributed by atoms with Crippen LogP contribution in [0.15, 0.2) is 41.5 Å². The summed E-state index contributed by atoms with van der Waals surface area (Å²) >= 11 is 3.43. The van der Waals surface area contributed by atoms with Gasteiger partial charge in [-0.2, -0.15) is 0 Å². The Kier molecular flexibility index (Phi) is 4.96. The van der Waals surface area contributed by atoms with Crippen molar-refractivity contribution in [2.45, 2.75) is 25.8 Å². The van der Waals surface area contributed by atoms with Gasteiger partial charge in [-0.25, -0.2) is 9.97 Å². The molecule has 0 atom stereocenters. The first-order valence-corrected chi connectivity index (χ1v) is 8.68. The average Bonchev–Trinajstić information content (AvgIpc) is 2.59. The van der Waals surface area contributed by atoms with Gasteiger partial charge in [0.2, 0.25) is 5.95 Å². The number of piperidine rings is 1. The zero-order valence-corrected chi connectivity index (χ0v) is 14.9. The van der Waals surface area contributed by atoms with Gasteiger partial charge in [-0.05, 0) is 53.4 Å². The molecule has 0 unspecified atom stereocenters. The van der Waals surface area contributed by atoms with Gasteiger partial charge < -0.3 is 10.2 Å². The molecule has 0 bridgehead atoms.